The minimum Gasteiger partial charge on any atom is -0.467 e. The molecule has 182 valence electrons. The highest BCUT2D eigenvalue weighted by Gasteiger charge is 2.74. The van der Waals surface area contributed by atoms with Crippen LogP contribution in [0.3, 0.4) is 0 Å². The molecule has 8 atom stereocenters. The third kappa shape index (κ3) is 3.32. The van der Waals surface area contributed by atoms with Crippen molar-refractivity contribution in [1.29, 1.82) is 0 Å². The lowest BCUT2D eigenvalue weighted by molar-refractivity contribution is -0.148. The number of ether oxygens (including phenoxy) is 1. The summed E-state index contributed by atoms with van der Waals surface area (Å²) < 4.78 is 12.1. The smallest absolute Gasteiger partial charge is 0.230 e. The second-order valence-electron chi connectivity index (χ2n) is 10.4. The normalized spacial score (nSPS) is 35.8. The van der Waals surface area contributed by atoms with E-state index in [-0.39, 0.29) is 36.0 Å². The number of fused-ring (bicyclic) bond motifs is 2. The van der Waals surface area contributed by atoms with Crippen LogP contribution in [0, 0.1) is 17.8 Å². The first-order chi connectivity index (χ1) is 16.9. The van der Waals surface area contributed by atoms with Crippen LogP contribution in [0.15, 0.2) is 65.3 Å². The lowest BCUT2D eigenvalue weighted by atomic mass is 9.70. The maximum atomic E-state index is 14.0. The standard InChI is InChI=1S/C28H30N2O5/c1-16(10-11-18-7-4-3-5-8-18)29-26(32)23-22-12-13-28(35-22)24(23)27(33)30-19(21-9-6-14-34-21)15-20(31)17(2)25(28)30/h3-9,12-14,16-17,19,22-25H,10-11,15H2,1-2H3,(H,29,32)/t16-,17+,19-,22-,23-,24+,25-,28+/m1/s1. The van der Waals surface area contributed by atoms with E-state index in [0.29, 0.717) is 5.76 Å². The van der Waals surface area contributed by atoms with Crippen LogP contribution >= 0.6 is 0 Å². The quantitative estimate of drug-likeness (QED) is 0.650. The van der Waals surface area contributed by atoms with Gasteiger partial charge in [0, 0.05) is 18.4 Å². The van der Waals surface area contributed by atoms with E-state index >= 15 is 0 Å². The highest BCUT2D eigenvalue weighted by atomic mass is 16.5. The Balaban J connectivity index is 1.25. The van der Waals surface area contributed by atoms with E-state index in [4.69, 9.17) is 9.15 Å². The Kier molecular flexibility index (Phi) is 5.22. The molecule has 4 aliphatic rings. The molecule has 1 N–H and O–H groups in total. The van der Waals surface area contributed by atoms with Gasteiger partial charge < -0.3 is 19.4 Å². The molecule has 6 rings (SSSR count). The summed E-state index contributed by atoms with van der Waals surface area (Å²) in [5.74, 6) is -1.25. The maximum Gasteiger partial charge on any atom is 0.230 e. The van der Waals surface area contributed by atoms with E-state index in [1.165, 1.54) is 5.56 Å². The first-order valence-electron chi connectivity index (χ1n) is 12.5. The second-order valence-corrected chi connectivity index (χ2v) is 10.4. The van der Waals surface area contributed by atoms with Crippen molar-refractivity contribution >= 4 is 17.6 Å². The van der Waals surface area contributed by atoms with Gasteiger partial charge in [0.1, 0.15) is 17.1 Å². The first-order valence-corrected chi connectivity index (χ1v) is 12.5. The number of piperidine rings is 1. The predicted octanol–water partition coefficient (Wildman–Crippen LogP) is 3.22. The Morgan fingerprint density at radius 2 is 2.00 bits per heavy atom. The molecule has 4 aliphatic heterocycles. The van der Waals surface area contributed by atoms with Crippen LogP contribution in [0.5, 0.6) is 0 Å². The molecule has 1 aromatic carbocycles. The lowest BCUT2D eigenvalue weighted by Gasteiger charge is -2.43. The summed E-state index contributed by atoms with van der Waals surface area (Å²) in [6, 6.07) is 12.8. The second kappa shape index (κ2) is 8.19. The third-order valence-electron chi connectivity index (χ3n) is 8.35. The Bertz CT molecular complexity index is 1180. The van der Waals surface area contributed by atoms with Gasteiger partial charge in [0.2, 0.25) is 11.8 Å². The van der Waals surface area contributed by atoms with Crippen LogP contribution in [0.4, 0.5) is 0 Å². The van der Waals surface area contributed by atoms with Gasteiger partial charge in [0.15, 0.2) is 0 Å². The van der Waals surface area contributed by atoms with Crippen molar-refractivity contribution in [1.82, 2.24) is 10.2 Å². The molecular weight excluding hydrogens is 444 g/mol. The van der Waals surface area contributed by atoms with E-state index in [1.807, 2.05) is 44.2 Å². The average Bonchev–Trinajstić information content (AvgIpc) is 3.63. The Morgan fingerprint density at radius 1 is 1.20 bits per heavy atom. The number of furan rings is 1. The van der Waals surface area contributed by atoms with Crippen LogP contribution < -0.4 is 5.32 Å². The topological polar surface area (TPSA) is 88.9 Å². The molecule has 3 fully saturated rings. The van der Waals surface area contributed by atoms with E-state index in [0.717, 1.165) is 12.8 Å². The number of amides is 2. The van der Waals surface area contributed by atoms with Crippen molar-refractivity contribution in [2.24, 2.45) is 17.8 Å². The minimum absolute atomic E-state index is 0.0442. The molecule has 0 unspecified atom stereocenters. The molecule has 1 aromatic heterocycles. The number of Topliss-reactive ketones (excluding diaryl/α,β-unsaturated/α-hetero) is 1. The van der Waals surface area contributed by atoms with Crippen molar-refractivity contribution < 1.29 is 23.5 Å². The maximum absolute atomic E-state index is 14.0. The number of hydrogen-bond donors (Lipinski definition) is 1. The minimum atomic E-state index is -0.961. The van der Waals surface area contributed by atoms with Gasteiger partial charge in [-0.15, -0.1) is 0 Å². The zero-order valence-electron chi connectivity index (χ0n) is 19.9. The van der Waals surface area contributed by atoms with Gasteiger partial charge in [-0.3, -0.25) is 14.4 Å². The third-order valence-corrected chi connectivity index (χ3v) is 8.35. The molecule has 3 saturated heterocycles. The number of carbonyl (C=O) groups excluding carboxylic acids is 3. The van der Waals surface area contributed by atoms with Crippen LogP contribution in [0.25, 0.3) is 0 Å². The highest BCUT2D eigenvalue weighted by molar-refractivity contribution is 5.96. The van der Waals surface area contributed by atoms with Crippen LogP contribution in [-0.2, 0) is 25.5 Å². The molecule has 0 radical (unpaired) electrons. The molecule has 7 heteroatoms. The van der Waals surface area contributed by atoms with Crippen molar-refractivity contribution in [2.75, 3.05) is 0 Å². The number of benzene rings is 1. The summed E-state index contributed by atoms with van der Waals surface area (Å²) in [5, 5.41) is 3.14. The Hall–Kier alpha value is -3.19. The molecule has 0 aliphatic carbocycles. The zero-order chi connectivity index (χ0) is 24.3. The van der Waals surface area contributed by atoms with Crippen LogP contribution in [0.1, 0.15) is 44.1 Å². The van der Waals surface area contributed by atoms with Crippen LogP contribution in [0.2, 0.25) is 0 Å². The van der Waals surface area contributed by atoms with Gasteiger partial charge in [-0.2, -0.15) is 0 Å². The predicted molar refractivity (Wildman–Crippen MR) is 127 cm³/mol. The van der Waals surface area contributed by atoms with Crippen molar-refractivity contribution in [3.8, 4) is 0 Å². The zero-order valence-corrected chi connectivity index (χ0v) is 19.9. The molecule has 0 saturated carbocycles. The van der Waals surface area contributed by atoms with Gasteiger partial charge in [0.05, 0.1) is 36.3 Å². The molecular formula is C28H30N2O5. The van der Waals surface area contributed by atoms with Crippen molar-refractivity contribution in [2.45, 2.75) is 62.9 Å². The fourth-order valence-electron chi connectivity index (χ4n) is 6.70. The fourth-order valence-corrected chi connectivity index (χ4v) is 6.70. The number of nitrogens with zero attached hydrogens (tertiary/aromatic N) is 1. The monoisotopic (exact) mass is 474 g/mol. The highest BCUT2D eigenvalue weighted by Crippen LogP contribution is 2.59. The molecule has 5 heterocycles. The van der Waals surface area contributed by atoms with E-state index in [1.54, 1.807) is 23.3 Å². The van der Waals surface area contributed by atoms with Gasteiger partial charge in [-0.05, 0) is 37.5 Å². The summed E-state index contributed by atoms with van der Waals surface area (Å²) in [4.78, 5) is 42.3. The van der Waals surface area contributed by atoms with E-state index in [2.05, 4.69) is 17.4 Å². The lowest BCUT2D eigenvalue weighted by Crippen LogP contribution is -2.55. The molecule has 2 aromatic rings. The van der Waals surface area contributed by atoms with E-state index in [9.17, 15) is 14.4 Å². The Morgan fingerprint density at radius 3 is 2.74 bits per heavy atom. The number of rotatable bonds is 6. The van der Waals surface area contributed by atoms with Crippen molar-refractivity contribution in [3.63, 3.8) is 0 Å². The number of nitrogens with one attached hydrogen (secondary N) is 1. The number of aryl methyl sites for hydroxylation is 1. The summed E-state index contributed by atoms with van der Waals surface area (Å²) in [7, 11) is 0. The molecule has 2 amide bonds. The summed E-state index contributed by atoms with van der Waals surface area (Å²) in [5.41, 5.74) is 0.265. The largest absolute Gasteiger partial charge is 0.467 e. The van der Waals surface area contributed by atoms with E-state index < -0.39 is 35.6 Å². The van der Waals surface area contributed by atoms with Gasteiger partial charge >= 0.3 is 0 Å². The molecule has 7 nitrogen and oxygen atoms in total. The first kappa shape index (κ1) is 22.3. The summed E-state index contributed by atoms with van der Waals surface area (Å²) in [6.07, 6.45) is 6.80. The SMILES string of the molecule is C[C@H](CCc1ccccc1)NC(=O)[C@H]1[C@H]2C(=O)N3[C@@H](c4ccco4)CC(=O)[C@H](C)[C@@H]3[C@]23C=C[C@H]1O3. The molecule has 2 bridgehead atoms. The number of ketones is 1. The summed E-state index contributed by atoms with van der Waals surface area (Å²) >= 11 is 0. The molecule has 35 heavy (non-hydrogen) atoms. The van der Waals surface area contributed by atoms with Crippen molar-refractivity contribution in [3.05, 3.63) is 72.2 Å². The molecule has 1 spiro atoms. The van der Waals surface area contributed by atoms with Gasteiger partial charge in [-0.25, -0.2) is 0 Å². The Labute approximate surface area is 204 Å². The fraction of sp³-hybridized carbons (Fsp3) is 0.464. The number of carbonyl (C=O) groups is 3. The van der Waals surface area contributed by atoms with Crippen LogP contribution in [-0.4, -0.2) is 46.3 Å². The number of hydrogen-bond acceptors (Lipinski definition) is 5. The van der Waals surface area contributed by atoms with Gasteiger partial charge in [0.25, 0.3) is 0 Å². The van der Waals surface area contributed by atoms with Gasteiger partial charge in [-0.1, -0.05) is 49.4 Å². The summed E-state index contributed by atoms with van der Waals surface area (Å²) in [6.45, 7) is 3.86. The average molecular weight is 475 g/mol.